The molecule has 0 atom stereocenters. The van der Waals surface area contributed by atoms with E-state index < -0.39 is 23.6 Å². The van der Waals surface area contributed by atoms with Crippen LogP contribution in [0.2, 0.25) is 0 Å². The summed E-state index contributed by atoms with van der Waals surface area (Å²) in [5.74, 6) is -0.678. The first kappa shape index (κ1) is 25.5. The van der Waals surface area contributed by atoms with Crippen LogP contribution in [0.1, 0.15) is 5.56 Å². The van der Waals surface area contributed by atoms with E-state index in [1.165, 1.54) is 13.2 Å². The summed E-state index contributed by atoms with van der Waals surface area (Å²) in [4.78, 5) is 50.7. The van der Waals surface area contributed by atoms with Crippen LogP contribution < -0.4 is 20.1 Å². The topological polar surface area (TPSA) is 114 Å². The lowest BCUT2D eigenvalue weighted by Crippen LogP contribution is -2.36. The predicted molar refractivity (Wildman–Crippen MR) is 141 cm³/mol. The van der Waals surface area contributed by atoms with Crippen LogP contribution in [0.3, 0.4) is 0 Å². The molecule has 0 radical (unpaired) electrons. The van der Waals surface area contributed by atoms with Crippen LogP contribution in [-0.4, -0.2) is 48.1 Å². The maximum absolute atomic E-state index is 12.8. The molecule has 0 aliphatic carbocycles. The number of thioether (sulfide) groups is 1. The van der Waals surface area contributed by atoms with Gasteiger partial charge in [0.15, 0.2) is 18.1 Å². The number of nitrogens with one attached hydrogen (secondary N) is 2. The Bertz CT molecular complexity index is 1340. The molecule has 0 saturated carbocycles. The summed E-state index contributed by atoms with van der Waals surface area (Å²) in [7, 11) is 1.45. The third-order valence-corrected chi connectivity index (χ3v) is 6.04. The summed E-state index contributed by atoms with van der Waals surface area (Å²) in [5.41, 5.74) is 1.81. The number of methoxy groups -OCH3 is 1. The summed E-state index contributed by atoms with van der Waals surface area (Å²) >= 11 is 0.751. The Hall–Kier alpha value is -4.57. The van der Waals surface area contributed by atoms with E-state index in [0.717, 1.165) is 16.7 Å². The molecule has 188 valence electrons. The van der Waals surface area contributed by atoms with Crippen molar-refractivity contribution in [2.75, 3.05) is 30.9 Å². The van der Waals surface area contributed by atoms with Gasteiger partial charge in [-0.1, -0.05) is 42.5 Å². The number of ether oxygens (including phenoxy) is 2. The van der Waals surface area contributed by atoms with Crippen molar-refractivity contribution in [3.8, 4) is 11.5 Å². The van der Waals surface area contributed by atoms with Gasteiger partial charge in [-0.15, -0.1) is 0 Å². The van der Waals surface area contributed by atoms with Crippen molar-refractivity contribution in [2.45, 2.75) is 0 Å². The van der Waals surface area contributed by atoms with E-state index in [1.54, 1.807) is 54.6 Å². The summed E-state index contributed by atoms with van der Waals surface area (Å²) in [6.07, 6.45) is 1.54. The molecular weight excluding hydrogens is 494 g/mol. The monoisotopic (exact) mass is 517 g/mol. The normalized spacial score (nSPS) is 14.0. The van der Waals surface area contributed by atoms with E-state index in [-0.39, 0.29) is 17.4 Å². The Balaban J connectivity index is 1.38. The van der Waals surface area contributed by atoms with Crippen molar-refractivity contribution in [1.82, 2.24) is 4.90 Å². The molecule has 0 aromatic heterocycles. The minimum atomic E-state index is -0.560. The van der Waals surface area contributed by atoms with Gasteiger partial charge in [-0.2, -0.15) is 0 Å². The second-order valence-corrected chi connectivity index (χ2v) is 8.79. The van der Waals surface area contributed by atoms with E-state index in [9.17, 15) is 19.2 Å². The maximum atomic E-state index is 12.8. The second kappa shape index (κ2) is 11.9. The zero-order valence-corrected chi connectivity index (χ0v) is 20.6. The van der Waals surface area contributed by atoms with E-state index in [2.05, 4.69) is 10.6 Å². The fraction of sp³-hybridized carbons (Fsp3) is 0.111. The van der Waals surface area contributed by atoms with Gasteiger partial charge in [0, 0.05) is 11.4 Å². The van der Waals surface area contributed by atoms with Gasteiger partial charge in [0.25, 0.3) is 17.1 Å². The van der Waals surface area contributed by atoms with E-state index >= 15 is 0 Å². The van der Waals surface area contributed by atoms with E-state index in [1.807, 2.05) is 24.3 Å². The highest BCUT2D eigenvalue weighted by Crippen LogP contribution is 2.34. The molecule has 0 unspecified atom stereocenters. The quantitative estimate of drug-likeness (QED) is 0.405. The van der Waals surface area contributed by atoms with Crippen LogP contribution in [-0.2, 0) is 14.4 Å². The highest BCUT2D eigenvalue weighted by atomic mass is 32.2. The zero-order chi connectivity index (χ0) is 26.2. The van der Waals surface area contributed by atoms with Crippen LogP contribution in [0.25, 0.3) is 6.08 Å². The standard InChI is InChI=1S/C27H23N3O6S/c1-35-22-14-18(12-13-21(22)36-17-25(32)29-20-10-6-3-7-11-20)15-23-26(33)30(27(34)37-23)16-24(31)28-19-8-4-2-5-9-19/h2-15H,16-17H2,1H3,(H,28,31)(H,29,32)/b23-15-. The summed E-state index contributed by atoms with van der Waals surface area (Å²) < 4.78 is 11.0. The van der Waals surface area contributed by atoms with Crippen molar-refractivity contribution < 1.29 is 28.7 Å². The van der Waals surface area contributed by atoms with Crippen molar-refractivity contribution in [3.63, 3.8) is 0 Å². The Morgan fingerprint density at radius 2 is 1.49 bits per heavy atom. The molecule has 9 nitrogen and oxygen atoms in total. The zero-order valence-electron chi connectivity index (χ0n) is 19.8. The van der Waals surface area contributed by atoms with Gasteiger partial charge < -0.3 is 20.1 Å². The SMILES string of the molecule is COc1cc(/C=C2\SC(=O)N(CC(=O)Nc3ccccc3)C2=O)ccc1OCC(=O)Nc1ccccc1. The van der Waals surface area contributed by atoms with E-state index in [0.29, 0.717) is 28.4 Å². The number of benzene rings is 3. The molecular formula is C27H23N3O6S. The number of nitrogens with zero attached hydrogens (tertiary/aromatic N) is 1. The van der Waals surface area contributed by atoms with Crippen molar-refractivity contribution in [1.29, 1.82) is 0 Å². The fourth-order valence-electron chi connectivity index (χ4n) is 3.41. The van der Waals surface area contributed by atoms with Crippen molar-refractivity contribution >= 4 is 52.2 Å². The Morgan fingerprint density at radius 1 is 0.865 bits per heavy atom. The van der Waals surface area contributed by atoms with Gasteiger partial charge in [0.1, 0.15) is 6.54 Å². The van der Waals surface area contributed by atoms with Crippen LogP contribution in [0, 0.1) is 0 Å². The van der Waals surface area contributed by atoms with Gasteiger partial charge in [-0.3, -0.25) is 24.1 Å². The molecule has 4 amide bonds. The minimum Gasteiger partial charge on any atom is -0.493 e. The summed E-state index contributed by atoms with van der Waals surface area (Å²) in [6.45, 7) is -0.618. The maximum Gasteiger partial charge on any atom is 0.294 e. The molecule has 37 heavy (non-hydrogen) atoms. The largest absolute Gasteiger partial charge is 0.493 e. The third kappa shape index (κ3) is 6.77. The number of hydrogen-bond acceptors (Lipinski definition) is 7. The van der Waals surface area contributed by atoms with Gasteiger partial charge >= 0.3 is 0 Å². The summed E-state index contributed by atoms with van der Waals surface area (Å²) in [6, 6.07) is 22.7. The second-order valence-electron chi connectivity index (χ2n) is 7.80. The molecule has 1 saturated heterocycles. The number of rotatable bonds is 9. The lowest BCUT2D eigenvalue weighted by Gasteiger charge is -2.12. The smallest absolute Gasteiger partial charge is 0.294 e. The molecule has 0 bridgehead atoms. The first-order valence-corrected chi connectivity index (χ1v) is 12.0. The van der Waals surface area contributed by atoms with Gasteiger partial charge in [0.05, 0.1) is 12.0 Å². The number of hydrogen-bond donors (Lipinski definition) is 2. The van der Waals surface area contributed by atoms with Crippen LogP contribution in [0.15, 0.2) is 83.8 Å². The predicted octanol–water partition coefficient (Wildman–Crippen LogP) is 4.39. The van der Waals surface area contributed by atoms with Crippen LogP contribution in [0.4, 0.5) is 16.2 Å². The average Bonchev–Trinajstić information content (AvgIpc) is 3.16. The Morgan fingerprint density at radius 3 is 2.11 bits per heavy atom. The van der Waals surface area contributed by atoms with Crippen LogP contribution in [0.5, 0.6) is 11.5 Å². The summed E-state index contributed by atoms with van der Waals surface area (Å²) in [5, 5.41) is 4.85. The van der Waals surface area contributed by atoms with Gasteiger partial charge in [-0.25, -0.2) is 0 Å². The molecule has 1 fully saturated rings. The van der Waals surface area contributed by atoms with Crippen LogP contribution >= 0.6 is 11.8 Å². The number of para-hydroxylation sites is 2. The fourth-order valence-corrected chi connectivity index (χ4v) is 4.25. The molecule has 1 aliphatic heterocycles. The lowest BCUT2D eigenvalue weighted by atomic mass is 10.2. The number of amides is 4. The molecule has 2 N–H and O–H groups in total. The highest BCUT2D eigenvalue weighted by Gasteiger charge is 2.36. The first-order chi connectivity index (χ1) is 17.9. The molecule has 1 aliphatic rings. The number of imide groups is 1. The van der Waals surface area contributed by atoms with Gasteiger partial charge in [0.2, 0.25) is 5.91 Å². The van der Waals surface area contributed by atoms with Crippen molar-refractivity contribution in [2.24, 2.45) is 0 Å². The minimum absolute atomic E-state index is 0.176. The number of anilines is 2. The first-order valence-electron chi connectivity index (χ1n) is 11.2. The molecule has 0 spiro atoms. The molecule has 1 heterocycles. The third-order valence-electron chi connectivity index (χ3n) is 5.13. The lowest BCUT2D eigenvalue weighted by molar-refractivity contribution is -0.127. The molecule has 3 aromatic carbocycles. The van der Waals surface area contributed by atoms with Crippen molar-refractivity contribution in [3.05, 3.63) is 89.3 Å². The van der Waals surface area contributed by atoms with Gasteiger partial charge in [-0.05, 0) is 59.8 Å². The van der Waals surface area contributed by atoms with E-state index in [4.69, 9.17) is 9.47 Å². The number of carbonyl (C=O) groups is 4. The Kier molecular flexibility index (Phi) is 8.22. The highest BCUT2D eigenvalue weighted by molar-refractivity contribution is 8.18. The average molecular weight is 518 g/mol. The number of carbonyl (C=O) groups excluding carboxylic acids is 4. The molecule has 4 rings (SSSR count). The molecule has 3 aromatic rings. The molecule has 10 heteroatoms. The Labute approximate surface area is 217 Å².